The molecule has 6 nitrogen and oxygen atoms in total. The van der Waals surface area contributed by atoms with Gasteiger partial charge in [0.25, 0.3) is 10.0 Å². The number of carbonyl (C=O) groups is 1. The zero-order chi connectivity index (χ0) is 17.7. The molecule has 1 fully saturated rings. The Morgan fingerprint density at radius 2 is 2.21 bits per heavy atom. The van der Waals surface area contributed by atoms with Gasteiger partial charge in [-0.25, -0.2) is 8.42 Å². The standard InChI is InChI=1S/C16H26N2O4S2/c1-12(2)10-15(19)17-7-6-14-4-5-16(23-14)24(20,21)18-8-9-22-11-13(18)3/h4-5,12-13H,6-11H2,1-3H3,(H,17,19)/t13-/m1/s1. The highest BCUT2D eigenvalue weighted by atomic mass is 32.2. The summed E-state index contributed by atoms with van der Waals surface area (Å²) in [6.45, 7) is 7.64. The lowest BCUT2D eigenvalue weighted by molar-refractivity contribution is -0.121. The Balaban J connectivity index is 1.93. The summed E-state index contributed by atoms with van der Waals surface area (Å²) in [6, 6.07) is 3.34. The minimum atomic E-state index is -3.46. The molecule has 1 saturated heterocycles. The van der Waals surface area contributed by atoms with Crippen molar-refractivity contribution < 1.29 is 17.9 Å². The Hall–Kier alpha value is -0.960. The first-order valence-corrected chi connectivity index (χ1v) is 10.5. The first kappa shape index (κ1) is 19.4. The fraction of sp³-hybridized carbons (Fsp3) is 0.688. The summed E-state index contributed by atoms with van der Waals surface area (Å²) >= 11 is 1.28. The molecule has 8 heteroatoms. The van der Waals surface area contributed by atoms with Crippen LogP contribution in [0.2, 0.25) is 0 Å². The third-order valence-electron chi connectivity index (χ3n) is 3.79. The number of sulfonamides is 1. The van der Waals surface area contributed by atoms with Crippen LogP contribution in [0.1, 0.15) is 32.1 Å². The van der Waals surface area contributed by atoms with E-state index in [1.807, 2.05) is 26.8 Å². The maximum Gasteiger partial charge on any atom is 0.252 e. The lowest BCUT2D eigenvalue weighted by Crippen LogP contribution is -2.46. The van der Waals surface area contributed by atoms with Crippen LogP contribution in [0, 0.1) is 5.92 Å². The molecule has 1 aromatic heterocycles. The van der Waals surface area contributed by atoms with Crippen molar-refractivity contribution in [1.82, 2.24) is 9.62 Å². The van der Waals surface area contributed by atoms with Gasteiger partial charge in [0.05, 0.1) is 13.2 Å². The normalized spacial score (nSPS) is 19.6. The third-order valence-corrected chi connectivity index (χ3v) is 7.42. The fourth-order valence-electron chi connectivity index (χ4n) is 2.58. The minimum absolute atomic E-state index is 0.0385. The van der Waals surface area contributed by atoms with Gasteiger partial charge in [0, 0.05) is 30.4 Å². The Bertz CT molecular complexity index is 655. The van der Waals surface area contributed by atoms with Crippen molar-refractivity contribution in [2.45, 2.75) is 43.9 Å². The Kier molecular flexibility index (Phi) is 6.79. The zero-order valence-corrected chi connectivity index (χ0v) is 16.1. The second-order valence-electron chi connectivity index (χ2n) is 6.46. The van der Waals surface area contributed by atoms with E-state index in [0.29, 0.717) is 49.3 Å². The van der Waals surface area contributed by atoms with E-state index < -0.39 is 10.0 Å². The lowest BCUT2D eigenvalue weighted by Gasteiger charge is -2.31. The van der Waals surface area contributed by atoms with Gasteiger partial charge in [0.15, 0.2) is 0 Å². The van der Waals surface area contributed by atoms with Crippen LogP contribution in [0.25, 0.3) is 0 Å². The second kappa shape index (κ2) is 8.42. The molecule has 1 N–H and O–H groups in total. The number of thiophene rings is 1. The van der Waals surface area contributed by atoms with Gasteiger partial charge in [0.1, 0.15) is 4.21 Å². The lowest BCUT2D eigenvalue weighted by atomic mass is 10.1. The van der Waals surface area contributed by atoms with Crippen LogP contribution in [-0.4, -0.2) is 51.0 Å². The van der Waals surface area contributed by atoms with Crippen molar-refractivity contribution >= 4 is 27.3 Å². The van der Waals surface area contributed by atoms with Crippen LogP contribution in [0.5, 0.6) is 0 Å². The molecule has 0 aromatic carbocycles. The number of amides is 1. The Morgan fingerprint density at radius 1 is 1.46 bits per heavy atom. The second-order valence-corrected chi connectivity index (χ2v) is 9.74. The van der Waals surface area contributed by atoms with Crippen LogP contribution in [-0.2, 0) is 26.0 Å². The van der Waals surface area contributed by atoms with E-state index in [1.165, 1.54) is 15.6 Å². The van der Waals surface area contributed by atoms with Gasteiger partial charge in [-0.2, -0.15) is 4.31 Å². The number of hydrogen-bond acceptors (Lipinski definition) is 5. The van der Waals surface area contributed by atoms with Crippen molar-refractivity contribution in [3.8, 4) is 0 Å². The summed E-state index contributed by atoms with van der Waals surface area (Å²) in [5.74, 6) is 0.371. The first-order chi connectivity index (χ1) is 11.3. The predicted molar refractivity (Wildman–Crippen MR) is 94.7 cm³/mol. The molecule has 2 heterocycles. The summed E-state index contributed by atoms with van der Waals surface area (Å²) < 4.78 is 32.6. The average Bonchev–Trinajstić information content (AvgIpc) is 2.96. The van der Waals surface area contributed by atoms with Crippen LogP contribution >= 0.6 is 11.3 Å². The summed E-state index contributed by atoms with van der Waals surface area (Å²) in [7, 11) is -3.46. The van der Waals surface area contributed by atoms with Gasteiger partial charge in [-0.3, -0.25) is 4.79 Å². The molecule has 0 unspecified atom stereocenters. The van der Waals surface area contributed by atoms with Crippen molar-refractivity contribution in [3.63, 3.8) is 0 Å². The largest absolute Gasteiger partial charge is 0.378 e. The van der Waals surface area contributed by atoms with Crippen molar-refractivity contribution in [3.05, 3.63) is 17.0 Å². The van der Waals surface area contributed by atoms with Crippen LogP contribution in [0.4, 0.5) is 0 Å². The van der Waals surface area contributed by atoms with E-state index in [2.05, 4.69) is 5.32 Å². The summed E-state index contributed by atoms with van der Waals surface area (Å²) in [6.07, 6.45) is 1.15. The first-order valence-electron chi connectivity index (χ1n) is 8.25. The van der Waals surface area contributed by atoms with Gasteiger partial charge in [0.2, 0.25) is 5.91 Å². The highest BCUT2D eigenvalue weighted by Crippen LogP contribution is 2.27. The molecule has 1 aliphatic rings. The number of hydrogen-bond donors (Lipinski definition) is 1. The molecule has 136 valence electrons. The number of morpholine rings is 1. The highest BCUT2D eigenvalue weighted by molar-refractivity contribution is 7.91. The van der Waals surface area contributed by atoms with Crippen LogP contribution in [0.3, 0.4) is 0 Å². The van der Waals surface area contributed by atoms with Crippen molar-refractivity contribution in [2.24, 2.45) is 5.92 Å². The predicted octanol–water partition coefficient (Wildman–Crippen LogP) is 1.86. The van der Waals surface area contributed by atoms with Crippen molar-refractivity contribution in [2.75, 3.05) is 26.3 Å². The quantitative estimate of drug-likeness (QED) is 0.790. The molecule has 2 rings (SSSR count). The molecule has 1 aliphatic heterocycles. The monoisotopic (exact) mass is 374 g/mol. The summed E-state index contributed by atoms with van der Waals surface area (Å²) in [5, 5.41) is 2.87. The smallest absolute Gasteiger partial charge is 0.252 e. The van der Waals surface area contributed by atoms with Crippen LogP contribution < -0.4 is 5.32 Å². The SMILES string of the molecule is CC(C)CC(=O)NCCc1ccc(S(=O)(=O)N2CCOC[C@H]2C)s1. The molecule has 1 aromatic rings. The van der Waals surface area contributed by atoms with E-state index in [-0.39, 0.29) is 11.9 Å². The summed E-state index contributed by atoms with van der Waals surface area (Å²) in [4.78, 5) is 12.6. The number of rotatable bonds is 7. The molecule has 1 atom stereocenters. The van der Waals surface area contributed by atoms with E-state index in [1.54, 1.807) is 6.07 Å². The topological polar surface area (TPSA) is 75.7 Å². The Morgan fingerprint density at radius 3 is 2.88 bits per heavy atom. The number of nitrogens with one attached hydrogen (secondary N) is 1. The fourth-order valence-corrected chi connectivity index (χ4v) is 5.67. The summed E-state index contributed by atoms with van der Waals surface area (Å²) in [5.41, 5.74) is 0. The highest BCUT2D eigenvalue weighted by Gasteiger charge is 2.32. The van der Waals surface area contributed by atoms with E-state index >= 15 is 0 Å². The molecule has 0 spiro atoms. The molecule has 0 saturated carbocycles. The zero-order valence-electron chi connectivity index (χ0n) is 14.4. The van der Waals surface area contributed by atoms with E-state index in [0.717, 1.165) is 4.88 Å². The molecule has 0 aliphatic carbocycles. The van der Waals surface area contributed by atoms with Gasteiger partial charge in [-0.1, -0.05) is 13.8 Å². The van der Waals surface area contributed by atoms with Crippen LogP contribution in [0.15, 0.2) is 16.3 Å². The van der Waals surface area contributed by atoms with Gasteiger partial charge in [-0.05, 0) is 31.4 Å². The van der Waals surface area contributed by atoms with Gasteiger partial charge >= 0.3 is 0 Å². The molecule has 0 bridgehead atoms. The molecule has 0 radical (unpaired) electrons. The number of ether oxygens (including phenoxy) is 1. The number of nitrogens with zero attached hydrogens (tertiary/aromatic N) is 1. The van der Waals surface area contributed by atoms with E-state index in [4.69, 9.17) is 4.74 Å². The maximum absolute atomic E-state index is 12.7. The van der Waals surface area contributed by atoms with Crippen molar-refractivity contribution in [1.29, 1.82) is 0 Å². The molecular formula is C16H26N2O4S2. The maximum atomic E-state index is 12.7. The van der Waals surface area contributed by atoms with E-state index in [9.17, 15) is 13.2 Å². The minimum Gasteiger partial charge on any atom is -0.378 e. The molecule has 1 amide bonds. The van der Waals surface area contributed by atoms with Gasteiger partial charge < -0.3 is 10.1 Å². The average molecular weight is 375 g/mol. The van der Waals surface area contributed by atoms with Gasteiger partial charge in [-0.15, -0.1) is 11.3 Å². The molecule has 24 heavy (non-hydrogen) atoms. The molecular weight excluding hydrogens is 348 g/mol. The Labute approximate surface area is 148 Å². The third kappa shape index (κ3) is 5.02. The number of carbonyl (C=O) groups excluding carboxylic acids is 1.